The normalized spacial score (nSPS) is 18.3. The standard InChI is InChI=1S/C24H19N3O4S/c1-14-3-6-17(7-4-14)24(29)18(11-15-9-10-25-21(12-15)30-2)22(23(28)31-24)16-5-8-19-20(13-16)27-32-26-19/h3-10,12-13,29H,11H2,1-2H3. The molecule has 0 fully saturated rings. The van der Waals surface area contributed by atoms with Crippen LogP contribution < -0.4 is 4.74 Å². The first kappa shape index (κ1) is 20.3. The van der Waals surface area contributed by atoms with Gasteiger partial charge in [-0.05, 0) is 36.2 Å². The Bertz CT molecular complexity index is 1360. The molecule has 2 aromatic carbocycles. The van der Waals surface area contributed by atoms with Gasteiger partial charge >= 0.3 is 5.97 Å². The molecule has 2 aromatic heterocycles. The number of aryl methyl sites for hydroxylation is 1. The molecule has 0 amide bonds. The fraction of sp³-hybridized carbons (Fsp3) is 0.167. The summed E-state index contributed by atoms with van der Waals surface area (Å²) in [6, 6.07) is 16.3. The van der Waals surface area contributed by atoms with Gasteiger partial charge in [-0.2, -0.15) is 8.75 Å². The summed E-state index contributed by atoms with van der Waals surface area (Å²) >= 11 is 1.11. The third kappa shape index (κ3) is 3.43. The van der Waals surface area contributed by atoms with E-state index in [1.165, 1.54) is 0 Å². The van der Waals surface area contributed by atoms with Crippen LogP contribution in [-0.4, -0.2) is 31.9 Å². The number of aromatic nitrogens is 3. The number of carbonyl (C=O) groups is 1. The molecule has 4 aromatic rings. The Hall–Kier alpha value is -3.62. The number of aliphatic hydroxyl groups is 1. The molecule has 5 rings (SSSR count). The smallest absolute Gasteiger partial charge is 0.342 e. The van der Waals surface area contributed by atoms with Crippen LogP contribution in [0.5, 0.6) is 5.88 Å². The van der Waals surface area contributed by atoms with E-state index in [0.29, 0.717) is 33.7 Å². The molecule has 0 saturated carbocycles. The second kappa shape index (κ2) is 7.81. The molecule has 3 heterocycles. The lowest BCUT2D eigenvalue weighted by Gasteiger charge is -2.26. The zero-order valence-electron chi connectivity index (χ0n) is 17.4. The summed E-state index contributed by atoms with van der Waals surface area (Å²) < 4.78 is 19.4. The number of hydrogen-bond acceptors (Lipinski definition) is 8. The summed E-state index contributed by atoms with van der Waals surface area (Å²) in [7, 11) is 1.54. The molecular formula is C24H19N3O4S. The van der Waals surface area contributed by atoms with Gasteiger partial charge in [0.1, 0.15) is 11.0 Å². The van der Waals surface area contributed by atoms with Crippen molar-refractivity contribution in [2.45, 2.75) is 19.1 Å². The predicted octanol–water partition coefficient (Wildman–Crippen LogP) is 3.80. The fourth-order valence-electron chi connectivity index (χ4n) is 3.87. The minimum Gasteiger partial charge on any atom is -0.481 e. The molecule has 32 heavy (non-hydrogen) atoms. The lowest BCUT2D eigenvalue weighted by molar-refractivity contribution is -0.185. The zero-order chi connectivity index (χ0) is 22.3. The molecule has 0 aliphatic carbocycles. The highest BCUT2D eigenvalue weighted by Crippen LogP contribution is 2.45. The van der Waals surface area contributed by atoms with Gasteiger partial charge in [0.05, 0.1) is 24.4 Å². The second-order valence-electron chi connectivity index (χ2n) is 7.60. The lowest BCUT2D eigenvalue weighted by Crippen LogP contribution is -2.29. The average molecular weight is 446 g/mol. The van der Waals surface area contributed by atoms with Crippen molar-refractivity contribution < 1.29 is 19.4 Å². The quantitative estimate of drug-likeness (QED) is 0.467. The Morgan fingerprint density at radius 2 is 1.84 bits per heavy atom. The van der Waals surface area contributed by atoms with Crippen LogP contribution in [0.25, 0.3) is 16.6 Å². The number of pyridine rings is 1. The van der Waals surface area contributed by atoms with Gasteiger partial charge in [0.2, 0.25) is 5.88 Å². The summed E-state index contributed by atoms with van der Waals surface area (Å²) in [5.74, 6) is -2.04. The van der Waals surface area contributed by atoms with Crippen molar-refractivity contribution >= 4 is 34.3 Å². The monoisotopic (exact) mass is 445 g/mol. The molecule has 7 nitrogen and oxygen atoms in total. The van der Waals surface area contributed by atoms with Crippen LogP contribution in [0.2, 0.25) is 0 Å². The highest BCUT2D eigenvalue weighted by molar-refractivity contribution is 7.00. The summed E-state index contributed by atoms with van der Waals surface area (Å²) in [5.41, 5.74) is 5.16. The highest BCUT2D eigenvalue weighted by atomic mass is 32.1. The van der Waals surface area contributed by atoms with E-state index in [1.807, 2.05) is 31.2 Å². The molecule has 8 heteroatoms. The minimum atomic E-state index is -1.90. The largest absolute Gasteiger partial charge is 0.481 e. The van der Waals surface area contributed by atoms with Crippen molar-refractivity contribution in [2.24, 2.45) is 0 Å². The van der Waals surface area contributed by atoms with E-state index in [4.69, 9.17) is 9.47 Å². The highest BCUT2D eigenvalue weighted by Gasteiger charge is 2.48. The second-order valence-corrected chi connectivity index (χ2v) is 8.13. The van der Waals surface area contributed by atoms with Gasteiger partial charge in [0, 0.05) is 29.8 Å². The third-order valence-electron chi connectivity index (χ3n) is 5.53. The Morgan fingerprint density at radius 1 is 1.06 bits per heavy atom. The van der Waals surface area contributed by atoms with Gasteiger partial charge in [-0.3, -0.25) is 0 Å². The minimum absolute atomic E-state index is 0.262. The van der Waals surface area contributed by atoms with Crippen LogP contribution in [0.4, 0.5) is 0 Å². The van der Waals surface area contributed by atoms with Gasteiger partial charge < -0.3 is 14.6 Å². The fourth-order valence-corrected chi connectivity index (χ4v) is 4.38. The van der Waals surface area contributed by atoms with Crippen molar-refractivity contribution in [3.8, 4) is 5.88 Å². The lowest BCUT2D eigenvalue weighted by atomic mass is 9.88. The summed E-state index contributed by atoms with van der Waals surface area (Å²) in [6.07, 6.45) is 1.89. The maximum Gasteiger partial charge on any atom is 0.342 e. The van der Waals surface area contributed by atoms with E-state index in [-0.39, 0.29) is 6.42 Å². The van der Waals surface area contributed by atoms with Gasteiger partial charge in [-0.1, -0.05) is 35.9 Å². The molecule has 1 unspecified atom stereocenters. The van der Waals surface area contributed by atoms with Gasteiger partial charge in [-0.25, -0.2) is 9.78 Å². The number of nitrogens with zero attached hydrogens (tertiary/aromatic N) is 3. The molecule has 0 saturated heterocycles. The van der Waals surface area contributed by atoms with Crippen molar-refractivity contribution in [1.82, 2.24) is 13.7 Å². The van der Waals surface area contributed by atoms with Gasteiger partial charge in [0.25, 0.3) is 5.79 Å². The van der Waals surface area contributed by atoms with E-state index in [2.05, 4.69) is 13.7 Å². The molecule has 0 spiro atoms. The number of ether oxygens (including phenoxy) is 2. The number of cyclic esters (lactones) is 1. The molecular weight excluding hydrogens is 426 g/mol. The number of hydrogen-bond donors (Lipinski definition) is 1. The molecule has 1 N–H and O–H groups in total. The molecule has 1 aliphatic rings. The molecule has 0 bridgehead atoms. The van der Waals surface area contributed by atoms with Gasteiger partial charge in [0.15, 0.2) is 0 Å². The zero-order valence-corrected chi connectivity index (χ0v) is 18.2. The number of benzene rings is 2. The summed E-state index contributed by atoms with van der Waals surface area (Å²) in [5, 5.41) is 11.7. The molecule has 1 atom stereocenters. The van der Waals surface area contributed by atoms with E-state index in [0.717, 1.165) is 28.4 Å². The molecule has 1 aliphatic heterocycles. The Labute approximate surface area is 188 Å². The summed E-state index contributed by atoms with van der Waals surface area (Å²) in [6.45, 7) is 1.96. The van der Waals surface area contributed by atoms with Crippen LogP contribution in [0.1, 0.15) is 22.3 Å². The predicted molar refractivity (Wildman–Crippen MR) is 120 cm³/mol. The Kier molecular flexibility index (Phi) is 4.96. The average Bonchev–Trinajstić information content (AvgIpc) is 3.36. The van der Waals surface area contributed by atoms with Crippen molar-refractivity contribution in [3.63, 3.8) is 0 Å². The first-order valence-corrected chi connectivity index (χ1v) is 10.7. The van der Waals surface area contributed by atoms with Crippen LogP contribution in [0.15, 0.2) is 66.4 Å². The number of esters is 1. The van der Waals surface area contributed by atoms with Crippen LogP contribution in [-0.2, 0) is 21.7 Å². The van der Waals surface area contributed by atoms with E-state index in [9.17, 15) is 9.90 Å². The van der Waals surface area contributed by atoms with Crippen LogP contribution >= 0.6 is 11.7 Å². The summed E-state index contributed by atoms with van der Waals surface area (Å²) in [4.78, 5) is 17.3. The molecule has 0 radical (unpaired) electrons. The van der Waals surface area contributed by atoms with Crippen LogP contribution in [0.3, 0.4) is 0 Å². The van der Waals surface area contributed by atoms with E-state index >= 15 is 0 Å². The number of fused-ring (bicyclic) bond motifs is 1. The number of carbonyl (C=O) groups excluding carboxylic acids is 1. The maximum absolute atomic E-state index is 13.1. The van der Waals surface area contributed by atoms with Crippen molar-refractivity contribution in [1.29, 1.82) is 0 Å². The first-order chi connectivity index (χ1) is 15.5. The van der Waals surface area contributed by atoms with Gasteiger partial charge in [-0.15, -0.1) is 0 Å². The first-order valence-electron chi connectivity index (χ1n) is 9.96. The third-order valence-corrected chi connectivity index (χ3v) is 6.09. The number of methoxy groups -OCH3 is 1. The van der Waals surface area contributed by atoms with Crippen molar-refractivity contribution in [3.05, 3.63) is 88.6 Å². The Balaban J connectivity index is 1.70. The van der Waals surface area contributed by atoms with E-state index in [1.54, 1.807) is 43.6 Å². The number of rotatable bonds is 5. The topological polar surface area (TPSA) is 94.4 Å². The van der Waals surface area contributed by atoms with Crippen LogP contribution in [0, 0.1) is 6.92 Å². The molecule has 160 valence electrons. The Morgan fingerprint density at radius 3 is 2.62 bits per heavy atom. The SMILES string of the molecule is COc1cc(CC2=C(c3ccc4nsnc4c3)C(=O)OC2(O)c2ccc(C)cc2)ccn1. The van der Waals surface area contributed by atoms with Crippen molar-refractivity contribution in [2.75, 3.05) is 7.11 Å². The maximum atomic E-state index is 13.1. The van der Waals surface area contributed by atoms with E-state index < -0.39 is 11.8 Å².